The first-order chi connectivity index (χ1) is 13.2. The van der Waals surface area contributed by atoms with Gasteiger partial charge in [0.25, 0.3) is 5.91 Å². The number of anilines is 1. The molecule has 138 valence electrons. The van der Waals surface area contributed by atoms with E-state index in [1.165, 1.54) is 21.3 Å². The van der Waals surface area contributed by atoms with Gasteiger partial charge in [0.1, 0.15) is 0 Å². The van der Waals surface area contributed by atoms with E-state index in [9.17, 15) is 4.79 Å². The summed E-state index contributed by atoms with van der Waals surface area (Å²) in [7, 11) is 4.56. The maximum Gasteiger partial charge on any atom is 0.255 e. The lowest BCUT2D eigenvalue weighted by molar-refractivity contribution is 0.102. The van der Waals surface area contributed by atoms with E-state index >= 15 is 0 Å². The zero-order chi connectivity index (χ0) is 19.2. The van der Waals surface area contributed by atoms with E-state index in [1.54, 1.807) is 12.1 Å². The SMILES string of the molecule is COc1cc(C(=O)Nc2ccccc2-c2ccccc2)cc(OC)c1OC. The zero-order valence-electron chi connectivity index (χ0n) is 15.5. The van der Waals surface area contributed by atoms with Gasteiger partial charge in [0.15, 0.2) is 11.5 Å². The number of hydrogen-bond acceptors (Lipinski definition) is 4. The highest BCUT2D eigenvalue weighted by molar-refractivity contribution is 6.07. The largest absolute Gasteiger partial charge is 0.493 e. The predicted octanol–water partition coefficient (Wildman–Crippen LogP) is 4.63. The fourth-order valence-electron chi connectivity index (χ4n) is 2.87. The normalized spacial score (nSPS) is 10.2. The molecule has 5 heteroatoms. The van der Waals surface area contributed by atoms with Gasteiger partial charge >= 0.3 is 0 Å². The van der Waals surface area contributed by atoms with Crippen LogP contribution in [0.2, 0.25) is 0 Å². The minimum atomic E-state index is -0.266. The van der Waals surface area contributed by atoms with Gasteiger partial charge in [-0.15, -0.1) is 0 Å². The second-order valence-electron chi connectivity index (χ2n) is 5.78. The van der Waals surface area contributed by atoms with Crippen molar-refractivity contribution in [1.82, 2.24) is 0 Å². The molecule has 0 atom stereocenters. The maximum atomic E-state index is 12.9. The van der Waals surface area contributed by atoms with Crippen LogP contribution in [0.15, 0.2) is 66.7 Å². The number of para-hydroxylation sites is 1. The Morgan fingerprint density at radius 3 is 1.96 bits per heavy atom. The number of amides is 1. The third-order valence-corrected chi connectivity index (χ3v) is 4.19. The van der Waals surface area contributed by atoms with Crippen molar-refractivity contribution in [3.63, 3.8) is 0 Å². The van der Waals surface area contributed by atoms with Crippen molar-refractivity contribution in [1.29, 1.82) is 0 Å². The van der Waals surface area contributed by atoms with E-state index in [-0.39, 0.29) is 5.91 Å². The number of methoxy groups -OCH3 is 3. The first-order valence-electron chi connectivity index (χ1n) is 8.43. The molecule has 0 saturated heterocycles. The van der Waals surface area contributed by atoms with Crippen molar-refractivity contribution < 1.29 is 19.0 Å². The van der Waals surface area contributed by atoms with Crippen LogP contribution in [0.3, 0.4) is 0 Å². The number of hydrogen-bond donors (Lipinski definition) is 1. The molecule has 5 nitrogen and oxygen atoms in total. The minimum absolute atomic E-state index is 0.266. The van der Waals surface area contributed by atoms with E-state index in [1.807, 2.05) is 54.6 Å². The summed E-state index contributed by atoms with van der Waals surface area (Å²) in [6.07, 6.45) is 0. The monoisotopic (exact) mass is 363 g/mol. The molecule has 0 aliphatic rings. The fourth-order valence-corrected chi connectivity index (χ4v) is 2.87. The number of nitrogens with one attached hydrogen (secondary N) is 1. The van der Waals surface area contributed by atoms with Crippen LogP contribution >= 0.6 is 0 Å². The van der Waals surface area contributed by atoms with Crippen LogP contribution in [0, 0.1) is 0 Å². The van der Waals surface area contributed by atoms with Gasteiger partial charge in [0.05, 0.1) is 21.3 Å². The van der Waals surface area contributed by atoms with Gasteiger partial charge in [0.2, 0.25) is 5.75 Å². The Hall–Kier alpha value is -3.47. The summed E-state index contributed by atoms with van der Waals surface area (Å²) in [6, 6.07) is 20.8. The number of ether oxygens (including phenoxy) is 3. The lowest BCUT2D eigenvalue weighted by Gasteiger charge is -2.15. The fraction of sp³-hybridized carbons (Fsp3) is 0.136. The maximum absolute atomic E-state index is 12.9. The Balaban J connectivity index is 1.95. The van der Waals surface area contributed by atoms with Crippen molar-refractivity contribution in [2.45, 2.75) is 0 Å². The summed E-state index contributed by atoms with van der Waals surface area (Å²) in [5.74, 6) is 1.04. The molecule has 0 fully saturated rings. The lowest BCUT2D eigenvalue weighted by atomic mass is 10.0. The second kappa shape index (κ2) is 8.27. The molecule has 0 aliphatic heterocycles. The molecule has 27 heavy (non-hydrogen) atoms. The molecule has 0 bridgehead atoms. The van der Waals surface area contributed by atoms with Gasteiger partial charge in [-0.25, -0.2) is 0 Å². The molecule has 0 aliphatic carbocycles. The Labute approximate surface area is 158 Å². The number of carbonyl (C=O) groups excluding carboxylic acids is 1. The van der Waals surface area contributed by atoms with Crippen molar-refractivity contribution in [2.75, 3.05) is 26.6 Å². The Kier molecular flexibility index (Phi) is 5.61. The summed E-state index contributed by atoms with van der Waals surface area (Å²) in [6.45, 7) is 0. The Morgan fingerprint density at radius 1 is 0.778 bits per heavy atom. The second-order valence-corrected chi connectivity index (χ2v) is 5.78. The Bertz CT molecular complexity index is 913. The van der Waals surface area contributed by atoms with Crippen LogP contribution in [-0.4, -0.2) is 27.2 Å². The van der Waals surface area contributed by atoms with Gasteiger partial charge < -0.3 is 19.5 Å². The van der Waals surface area contributed by atoms with Gasteiger partial charge in [-0.2, -0.15) is 0 Å². The van der Waals surface area contributed by atoms with Crippen molar-refractivity contribution >= 4 is 11.6 Å². The molecule has 1 N–H and O–H groups in total. The molecule has 0 saturated carbocycles. The molecule has 0 aromatic heterocycles. The average molecular weight is 363 g/mol. The Morgan fingerprint density at radius 2 is 1.37 bits per heavy atom. The summed E-state index contributed by atoms with van der Waals surface area (Å²) < 4.78 is 16.0. The van der Waals surface area contributed by atoms with Crippen LogP contribution in [0.25, 0.3) is 11.1 Å². The summed E-state index contributed by atoms with van der Waals surface area (Å²) in [5.41, 5.74) is 3.10. The molecule has 3 aromatic carbocycles. The smallest absolute Gasteiger partial charge is 0.255 e. The number of carbonyl (C=O) groups is 1. The molecule has 3 rings (SSSR count). The number of rotatable bonds is 6. The van der Waals surface area contributed by atoms with E-state index in [2.05, 4.69) is 5.32 Å². The van der Waals surface area contributed by atoms with Crippen LogP contribution in [0.4, 0.5) is 5.69 Å². The predicted molar refractivity (Wildman–Crippen MR) is 106 cm³/mol. The molecule has 3 aromatic rings. The van der Waals surface area contributed by atoms with Crippen LogP contribution in [0.1, 0.15) is 10.4 Å². The summed E-state index contributed by atoms with van der Waals surface area (Å²) in [5, 5.41) is 2.97. The van der Waals surface area contributed by atoms with Gasteiger partial charge in [-0.05, 0) is 23.8 Å². The molecule has 0 radical (unpaired) electrons. The van der Waals surface area contributed by atoms with E-state index in [0.29, 0.717) is 22.8 Å². The molecular weight excluding hydrogens is 342 g/mol. The highest BCUT2D eigenvalue weighted by Gasteiger charge is 2.18. The summed E-state index contributed by atoms with van der Waals surface area (Å²) >= 11 is 0. The van der Waals surface area contributed by atoms with Gasteiger partial charge in [-0.1, -0.05) is 48.5 Å². The minimum Gasteiger partial charge on any atom is -0.493 e. The molecule has 0 spiro atoms. The first-order valence-corrected chi connectivity index (χ1v) is 8.43. The first kappa shape index (κ1) is 18.3. The van der Waals surface area contributed by atoms with Crippen molar-refractivity contribution in [2.24, 2.45) is 0 Å². The van der Waals surface area contributed by atoms with Gasteiger partial charge in [0, 0.05) is 16.8 Å². The highest BCUT2D eigenvalue weighted by Crippen LogP contribution is 2.38. The molecular formula is C22H21NO4. The van der Waals surface area contributed by atoms with Gasteiger partial charge in [-0.3, -0.25) is 4.79 Å². The zero-order valence-corrected chi connectivity index (χ0v) is 15.5. The van der Waals surface area contributed by atoms with E-state index < -0.39 is 0 Å². The topological polar surface area (TPSA) is 56.8 Å². The summed E-state index contributed by atoms with van der Waals surface area (Å²) in [4.78, 5) is 12.9. The van der Waals surface area contributed by atoms with Crippen LogP contribution < -0.4 is 19.5 Å². The van der Waals surface area contributed by atoms with Crippen molar-refractivity contribution in [3.05, 3.63) is 72.3 Å². The average Bonchev–Trinajstić information content (AvgIpc) is 2.73. The third-order valence-electron chi connectivity index (χ3n) is 4.19. The quantitative estimate of drug-likeness (QED) is 0.694. The number of benzene rings is 3. The van der Waals surface area contributed by atoms with E-state index in [4.69, 9.17) is 14.2 Å². The lowest BCUT2D eigenvalue weighted by Crippen LogP contribution is -2.13. The van der Waals surface area contributed by atoms with Crippen molar-refractivity contribution in [3.8, 4) is 28.4 Å². The standard InChI is InChI=1S/C22H21NO4/c1-25-19-13-16(14-20(26-2)21(19)27-3)22(24)23-18-12-8-7-11-17(18)15-9-5-4-6-10-15/h4-14H,1-3H3,(H,23,24). The highest BCUT2D eigenvalue weighted by atomic mass is 16.5. The van der Waals surface area contributed by atoms with Crippen LogP contribution in [-0.2, 0) is 0 Å². The molecule has 1 amide bonds. The van der Waals surface area contributed by atoms with Crippen LogP contribution in [0.5, 0.6) is 17.2 Å². The third kappa shape index (κ3) is 3.87. The molecule has 0 heterocycles. The van der Waals surface area contributed by atoms with E-state index in [0.717, 1.165) is 16.8 Å². The molecule has 0 unspecified atom stereocenters.